The van der Waals surface area contributed by atoms with E-state index < -0.39 is 0 Å². The number of ether oxygens (including phenoxy) is 2. The van der Waals surface area contributed by atoms with Gasteiger partial charge >= 0.3 is 12.1 Å². The largest absolute Gasteiger partial charge is 0.468 e. The van der Waals surface area contributed by atoms with Crippen molar-refractivity contribution >= 4 is 12.1 Å². The number of methoxy groups -OCH3 is 1. The molecule has 0 aromatic rings. The van der Waals surface area contributed by atoms with E-state index in [1.54, 1.807) is 0 Å². The fourth-order valence-electron chi connectivity index (χ4n) is 4.58. The van der Waals surface area contributed by atoms with Gasteiger partial charge in [0, 0.05) is 44.8 Å². The summed E-state index contributed by atoms with van der Waals surface area (Å²) in [5.41, 5.74) is 0.226. The maximum atomic E-state index is 12.3. The fourth-order valence-corrected chi connectivity index (χ4v) is 4.58. The summed E-state index contributed by atoms with van der Waals surface area (Å²) in [7, 11) is 1.42. The Morgan fingerprint density at radius 3 is 2.24 bits per heavy atom. The number of rotatable bonds is 6. The zero-order valence-corrected chi connectivity index (χ0v) is 18.6. The average molecular weight is 411 g/mol. The highest BCUT2D eigenvalue weighted by molar-refractivity contribution is 5.71. The number of piperazine rings is 1. The Balaban J connectivity index is 1.37. The van der Waals surface area contributed by atoms with Crippen LogP contribution in [-0.4, -0.2) is 116 Å². The van der Waals surface area contributed by atoms with E-state index in [2.05, 4.69) is 35.5 Å². The van der Waals surface area contributed by atoms with Crippen LogP contribution in [0.25, 0.3) is 0 Å². The Labute approximate surface area is 175 Å². The number of nitrogens with zero attached hydrogens (tertiary/aromatic N) is 4. The van der Waals surface area contributed by atoms with Crippen molar-refractivity contribution in [2.45, 2.75) is 45.3 Å². The number of hydrogen-bond donors (Lipinski definition) is 0. The van der Waals surface area contributed by atoms with Gasteiger partial charge in [0.2, 0.25) is 0 Å². The van der Waals surface area contributed by atoms with Crippen molar-refractivity contribution in [3.63, 3.8) is 0 Å². The Morgan fingerprint density at radius 1 is 1.03 bits per heavy atom. The Bertz CT molecular complexity index is 564. The molecule has 29 heavy (non-hydrogen) atoms. The van der Waals surface area contributed by atoms with Crippen molar-refractivity contribution in [3.8, 4) is 0 Å². The van der Waals surface area contributed by atoms with Gasteiger partial charge in [-0.05, 0) is 52.6 Å². The molecule has 3 aliphatic heterocycles. The summed E-state index contributed by atoms with van der Waals surface area (Å²) in [6, 6.07) is 0. The van der Waals surface area contributed by atoms with Crippen LogP contribution in [0.3, 0.4) is 0 Å². The summed E-state index contributed by atoms with van der Waals surface area (Å²) in [6.07, 6.45) is 2.09. The third-order valence-corrected chi connectivity index (χ3v) is 6.50. The van der Waals surface area contributed by atoms with E-state index in [1.165, 1.54) is 7.11 Å². The first-order valence-electron chi connectivity index (χ1n) is 11.0. The van der Waals surface area contributed by atoms with Crippen LogP contribution in [0, 0.1) is 5.92 Å². The predicted octanol–water partition coefficient (Wildman–Crippen LogP) is 1.11. The molecule has 0 radical (unpaired) electrons. The van der Waals surface area contributed by atoms with Gasteiger partial charge in [-0.25, -0.2) is 4.79 Å². The van der Waals surface area contributed by atoms with E-state index >= 15 is 0 Å². The molecule has 3 heterocycles. The lowest BCUT2D eigenvalue weighted by Gasteiger charge is -2.41. The number of carbonyl (C=O) groups excluding carboxylic acids is 2. The van der Waals surface area contributed by atoms with Crippen LogP contribution in [0.2, 0.25) is 0 Å². The van der Waals surface area contributed by atoms with E-state index in [9.17, 15) is 9.59 Å². The summed E-state index contributed by atoms with van der Waals surface area (Å²) < 4.78 is 10.4. The summed E-state index contributed by atoms with van der Waals surface area (Å²) >= 11 is 0. The van der Waals surface area contributed by atoms with Gasteiger partial charge in [-0.1, -0.05) is 0 Å². The molecule has 0 bridgehead atoms. The van der Waals surface area contributed by atoms with Gasteiger partial charge in [-0.15, -0.1) is 0 Å². The van der Waals surface area contributed by atoms with Gasteiger partial charge in [-0.2, -0.15) is 0 Å². The molecule has 8 heteroatoms. The van der Waals surface area contributed by atoms with Crippen LogP contribution in [0.5, 0.6) is 0 Å². The van der Waals surface area contributed by atoms with Crippen LogP contribution < -0.4 is 0 Å². The van der Waals surface area contributed by atoms with Gasteiger partial charge in [0.05, 0.1) is 20.2 Å². The SMILES string of the molecule is COC(=O)CN1CCN(CC2CN(CC3CCN(C(C)(C)C)CC3)C(=O)O2)CC1. The summed E-state index contributed by atoms with van der Waals surface area (Å²) in [6.45, 7) is 15.1. The number of likely N-dealkylation sites (tertiary alicyclic amines) is 1. The topological polar surface area (TPSA) is 65.6 Å². The first kappa shape index (κ1) is 22.3. The van der Waals surface area contributed by atoms with Crippen molar-refractivity contribution in [2.24, 2.45) is 5.92 Å². The molecule has 0 saturated carbocycles. The second kappa shape index (κ2) is 9.62. The van der Waals surface area contributed by atoms with Gasteiger partial charge in [0.15, 0.2) is 0 Å². The molecule has 0 aromatic carbocycles. The van der Waals surface area contributed by atoms with E-state index in [0.29, 0.717) is 19.0 Å². The van der Waals surface area contributed by atoms with Gasteiger partial charge in [0.25, 0.3) is 0 Å². The van der Waals surface area contributed by atoms with Crippen molar-refractivity contribution in [3.05, 3.63) is 0 Å². The first-order chi connectivity index (χ1) is 13.7. The third-order valence-electron chi connectivity index (χ3n) is 6.50. The number of amides is 1. The normalized spacial score (nSPS) is 26.0. The lowest BCUT2D eigenvalue weighted by molar-refractivity contribution is -0.142. The molecule has 0 aliphatic carbocycles. The fraction of sp³-hybridized carbons (Fsp3) is 0.905. The van der Waals surface area contributed by atoms with Crippen LogP contribution in [0.4, 0.5) is 4.79 Å². The van der Waals surface area contributed by atoms with Crippen molar-refractivity contribution < 1.29 is 19.1 Å². The minimum absolute atomic E-state index is 0.0516. The zero-order chi connectivity index (χ0) is 21.0. The molecule has 3 saturated heterocycles. The van der Waals surface area contributed by atoms with Gasteiger partial charge in [-0.3, -0.25) is 19.5 Å². The van der Waals surface area contributed by atoms with Crippen molar-refractivity contribution in [1.29, 1.82) is 0 Å². The lowest BCUT2D eigenvalue weighted by atomic mass is 9.92. The molecule has 1 unspecified atom stereocenters. The molecule has 3 fully saturated rings. The number of carbonyl (C=O) groups is 2. The molecular weight excluding hydrogens is 372 g/mol. The standard InChI is InChI=1S/C21H38N4O4/c1-21(2,3)25-7-5-17(6-8-25)13-24-15-18(29-20(24)27)14-22-9-11-23(12-10-22)16-19(26)28-4/h17-18H,5-16H2,1-4H3. The van der Waals surface area contributed by atoms with Crippen LogP contribution >= 0.6 is 0 Å². The molecule has 0 spiro atoms. The maximum absolute atomic E-state index is 12.3. The highest BCUT2D eigenvalue weighted by Gasteiger charge is 2.35. The van der Waals surface area contributed by atoms with Crippen molar-refractivity contribution in [1.82, 2.24) is 19.6 Å². The number of hydrogen-bond acceptors (Lipinski definition) is 7. The summed E-state index contributed by atoms with van der Waals surface area (Å²) in [4.78, 5) is 32.6. The zero-order valence-electron chi connectivity index (χ0n) is 18.6. The third kappa shape index (κ3) is 6.30. The second-order valence-corrected chi connectivity index (χ2v) is 9.66. The molecule has 1 atom stereocenters. The molecule has 8 nitrogen and oxygen atoms in total. The Morgan fingerprint density at radius 2 is 1.66 bits per heavy atom. The highest BCUT2D eigenvalue weighted by Crippen LogP contribution is 2.26. The van der Waals surface area contributed by atoms with Gasteiger partial charge in [0.1, 0.15) is 6.10 Å². The number of cyclic esters (lactones) is 1. The van der Waals surface area contributed by atoms with Crippen LogP contribution in [0.1, 0.15) is 33.6 Å². The highest BCUT2D eigenvalue weighted by atomic mass is 16.6. The van der Waals surface area contributed by atoms with Gasteiger partial charge < -0.3 is 14.4 Å². The lowest BCUT2D eigenvalue weighted by Crippen LogP contribution is -2.50. The molecule has 3 rings (SSSR count). The first-order valence-corrected chi connectivity index (χ1v) is 11.0. The minimum Gasteiger partial charge on any atom is -0.468 e. The average Bonchev–Trinajstić information content (AvgIpc) is 3.01. The van der Waals surface area contributed by atoms with Crippen LogP contribution in [-0.2, 0) is 14.3 Å². The van der Waals surface area contributed by atoms with E-state index in [1.807, 2.05) is 4.90 Å². The summed E-state index contributed by atoms with van der Waals surface area (Å²) in [5, 5.41) is 0. The Kier molecular flexibility index (Phi) is 7.40. The molecule has 1 amide bonds. The maximum Gasteiger partial charge on any atom is 0.410 e. The smallest absolute Gasteiger partial charge is 0.410 e. The molecule has 0 N–H and O–H groups in total. The molecule has 0 aromatic heterocycles. The molecule has 3 aliphatic rings. The minimum atomic E-state index is -0.188. The van der Waals surface area contributed by atoms with E-state index in [0.717, 1.165) is 65.2 Å². The quantitative estimate of drug-likeness (QED) is 0.608. The predicted molar refractivity (Wildman–Crippen MR) is 111 cm³/mol. The second-order valence-electron chi connectivity index (χ2n) is 9.66. The molecule has 166 valence electrons. The monoisotopic (exact) mass is 410 g/mol. The summed E-state index contributed by atoms with van der Waals surface area (Å²) in [5.74, 6) is 0.383. The van der Waals surface area contributed by atoms with E-state index in [-0.39, 0.29) is 23.7 Å². The number of esters is 1. The van der Waals surface area contributed by atoms with Crippen molar-refractivity contribution in [2.75, 3.05) is 72.6 Å². The van der Waals surface area contributed by atoms with E-state index in [4.69, 9.17) is 9.47 Å². The Hall–Kier alpha value is -1.38. The number of piperidine rings is 1. The van der Waals surface area contributed by atoms with Crippen LogP contribution in [0.15, 0.2) is 0 Å². The molecular formula is C21H38N4O4.